The lowest BCUT2D eigenvalue weighted by atomic mass is 10.2. The minimum atomic E-state index is -3.14. The molecule has 4 nitrogen and oxygen atoms in total. The first kappa shape index (κ1) is 12.5. The second-order valence-electron chi connectivity index (χ2n) is 4.47. The van der Waals surface area contributed by atoms with E-state index in [4.69, 9.17) is 4.74 Å². The van der Waals surface area contributed by atoms with Gasteiger partial charge >= 0.3 is 0 Å². The third kappa shape index (κ3) is 3.26. The fourth-order valence-electron chi connectivity index (χ4n) is 1.90. The van der Waals surface area contributed by atoms with Gasteiger partial charge in [-0.3, -0.25) is 4.98 Å². The van der Waals surface area contributed by atoms with Crippen LogP contribution in [0.5, 0.6) is 0 Å². The summed E-state index contributed by atoms with van der Waals surface area (Å²) in [6.45, 7) is 2.93. The highest BCUT2D eigenvalue weighted by Crippen LogP contribution is 2.18. The number of nitrogens with zero attached hydrogens (tertiary/aromatic N) is 1. The van der Waals surface area contributed by atoms with E-state index in [1.165, 1.54) is 0 Å². The van der Waals surface area contributed by atoms with Crippen molar-refractivity contribution >= 4 is 9.84 Å². The first-order valence-corrected chi connectivity index (χ1v) is 7.50. The molecule has 0 saturated carbocycles. The molecule has 1 atom stereocenters. The average molecular weight is 255 g/mol. The van der Waals surface area contributed by atoms with Crippen molar-refractivity contribution in [2.24, 2.45) is 0 Å². The molecule has 17 heavy (non-hydrogen) atoms. The molecule has 1 aliphatic rings. The zero-order chi connectivity index (χ0) is 12.3. The van der Waals surface area contributed by atoms with Gasteiger partial charge in [-0.2, -0.15) is 0 Å². The van der Waals surface area contributed by atoms with Crippen LogP contribution in [0.25, 0.3) is 0 Å². The minimum absolute atomic E-state index is 0.0152. The van der Waals surface area contributed by atoms with Gasteiger partial charge in [-0.05, 0) is 31.4 Å². The highest BCUT2D eigenvalue weighted by Gasteiger charge is 2.28. The van der Waals surface area contributed by atoms with Crippen LogP contribution in [0.3, 0.4) is 0 Å². The van der Waals surface area contributed by atoms with Gasteiger partial charge in [-0.15, -0.1) is 0 Å². The molecule has 5 heteroatoms. The molecule has 1 saturated heterocycles. The Kier molecular flexibility index (Phi) is 3.79. The molecule has 1 aliphatic heterocycles. The smallest absolute Gasteiger partial charge is 0.161 e. The molecule has 2 rings (SSSR count). The quantitative estimate of drug-likeness (QED) is 0.821. The van der Waals surface area contributed by atoms with Crippen LogP contribution in [0.1, 0.15) is 24.1 Å². The van der Waals surface area contributed by atoms with Crippen LogP contribution in [0.2, 0.25) is 0 Å². The fraction of sp³-hybridized carbons (Fsp3) is 0.583. The maximum Gasteiger partial charge on any atom is 0.161 e. The maximum absolute atomic E-state index is 12.1. The molecule has 0 aromatic carbocycles. The average Bonchev–Trinajstić information content (AvgIpc) is 2.33. The van der Waals surface area contributed by atoms with E-state index in [1.54, 1.807) is 12.3 Å². The van der Waals surface area contributed by atoms with E-state index < -0.39 is 9.84 Å². The highest BCUT2D eigenvalue weighted by molar-refractivity contribution is 7.91. The number of hydrogen-bond donors (Lipinski definition) is 0. The van der Waals surface area contributed by atoms with Gasteiger partial charge in [-0.25, -0.2) is 8.42 Å². The number of sulfone groups is 1. The molecule has 0 radical (unpaired) electrons. The Labute approximate surface area is 102 Å². The van der Waals surface area contributed by atoms with Gasteiger partial charge < -0.3 is 4.74 Å². The molecule has 0 amide bonds. The monoisotopic (exact) mass is 255 g/mol. The van der Waals surface area contributed by atoms with E-state index in [0.29, 0.717) is 25.3 Å². The second-order valence-corrected chi connectivity index (χ2v) is 6.75. The van der Waals surface area contributed by atoms with Crippen molar-refractivity contribution < 1.29 is 13.2 Å². The Morgan fingerprint density at radius 3 is 2.88 bits per heavy atom. The van der Waals surface area contributed by atoms with Gasteiger partial charge in [0.1, 0.15) is 0 Å². The summed E-state index contributed by atoms with van der Waals surface area (Å²) in [5.74, 6) is 0.0152. The largest absolute Gasteiger partial charge is 0.380 e. The van der Waals surface area contributed by atoms with E-state index >= 15 is 0 Å². The van der Waals surface area contributed by atoms with Crippen molar-refractivity contribution in [3.05, 3.63) is 29.6 Å². The number of rotatable bonds is 3. The number of aromatic nitrogens is 1. The summed E-state index contributed by atoms with van der Waals surface area (Å²) in [6, 6.07) is 3.66. The minimum Gasteiger partial charge on any atom is -0.380 e. The van der Waals surface area contributed by atoms with Crippen molar-refractivity contribution in [1.29, 1.82) is 0 Å². The van der Waals surface area contributed by atoms with Crippen LogP contribution in [0.15, 0.2) is 18.3 Å². The van der Waals surface area contributed by atoms with E-state index in [9.17, 15) is 8.42 Å². The Balaban J connectivity index is 2.08. The predicted molar refractivity (Wildman–Crippen MR) is 65.4 cm³/mol. The van der Waals surface area contributed by atoms with E-state index in [2.05, 4.69) is 4.98 Å². The first-order valence-electron chi connectivity index (χ1n) is 5.79. The third-order valence-corrected chi connectivity index (χ3v) is 5.03. The van der Waals surface area contributed by atoms with Crippen molar-refractivity contribution in [2.45, 2.75) is 30.8 Å². The molecule has 1 aromatic rings. The van der Waals surface area contributed by atoms with Crippen LogP contribution in [-0.2, 0) is 20.3 Å². The number of hydrogen-bond acceptors (Lipinski definition) is 4. The molecular weight excluding hydrogens is 238 g/mol. The molecule has 2 heterocycles. The predicted octanol–water partition coefficient (Wildman–Crippen LogP) is 1.48. The molecule has 0 bridgehead atoms. The number of aryl methyl sites for hydroxylation is 1. The summed E-state index contributed by atoms with van der Waals surface area (Å²) in [6.07, 6.45) is 3.22. The lowest BCUT2D eigenvalue weighted by Gasteiger charge is -2.21. The number of pyridine rings is 1. The first-order chi connectivity index (χ1) is 8.08. The Hall–Kier alpha value is -0.940. The summed E-state index contributed by atoms with van der Waals surface area (Å²) in [7, 11) is -3.14. The van der Waals surface area contributed by atoms with E-state index in [-0.39, 0.29) is 11.0 Å². The number of ether oxygens (including phenoxy) is 1. The summed E-state index contributed by atoms with van der Waals surface area (Å²) in [4.78, 5) is 4.14. The molecule has 0 N–H and O–H groups in total. The molecule has 0 spiro atoms. The summed E-state index contributed by atoms with van der Waals surface area (Å²) in [5, 5.41) is -0.362. The second kappa shape index (κ2) is 5.14. The van der Waals surface area contributed by atoms with Crippen molar-refractivity contribution in [3.8, 4) is 0 Å². The third-order valence-electron chi connectivity index (χ3n) is 2.95. The van der Waals surface area contributed by atoms with Crippen LogP contribution in [0.4, 0.5) is 0 Å². The van der Waals surface area contributed by atoms with Crippen LogP contribution in [-0.4, -0.2) is 31.9 Å². The Morgan fingerprint density at radius 2 is 2.29 bits per heavy atom. The molecule has 1 aromatic heterocycles. The van der Waals surface area contributed by atoms with Crippen LogP contribution < -0.4 is 0 Å². The standard InChI is InChI=1S/C12H17NO3S/c1-10-4-5-11(13-7-10)9-17(14,15)12-3-2-6-16-8-12/h4-5,7,12H,2-3,6,8-9H2,1H3. The highest BCUT2D eigenvalue weighted by atomic mass is 32.2. The molecule has 1 fully saturated rings. The summed E-state index contributed by atoms with van der Waals surface area (Å²) < 4.78 is 29.5. The normalized spacial score (nSPS) is 21.4. The van der Waals surface area contributed by atoms with Crippen molar-refractivity contribution in [1.82, 2.24) is 4.98 Å². The van der Waals surface area contributed by atoms with Gasteiger partial charge in [-0.1, -0.05) is 6.07 Å². The Bertz CT molecular complexity index is 461. The molecule has 94 valence electrons. The van der Waals surface area contributed by atoms with E-state index in [1.807, 2.05) is 13.0 Å². The van der Waals surface area contributed by atoms with Crippen molar-refractivity contribution in [3.63, 3.8) is 0 Å². The van der Waals surface area contributed by atoms with Gasteiger partial charge in [0.2, 0.25) is 0 Å². The van der Waals surface area contributed by atoms with Crippen molar-refractivity contribution in [2.75, 3.05) is 13.2 Å². The van der Waals surface area contributed by atoms with Gasteiger partial charge in [0, 0.05) is 12.8 Å². The molecule has 1 unspecified atom stereocenters. The Morgan fingerprint density at radius 1 is 1.47 bits per heavy atom. The SMILES string of the molecule is Cc1ccc(CS(=O)(=O)C2CCCOC2)nc1. The lowest BCUT2D eigenvalue weighted by Crippen LogP contribution is -2.32. The van der Waals surface area contributed by atoms with Gasteiger partial charge in [0.25, 0.3) is 0 Å². The molecule has 0 aliphatic carbocycles. The topological polar surface area (TPSA) is 56.3 Å². The summed E-state index contributed by atoms with van der Waals surface area (Å²) >= 11 is 0. The zero-order valence-electron chi connectivity index (χ0n) is 9.93. The zero-order valence-corrected chi connectivity index (χ0v) is 10.7. The fourth-order valence-corrected chi connectivity index (χ4v) is 3.55. The van der Waals surface area contributed by atoms with E-state index in [0.717, 1.165) is 12.0 Å². The summed E-state index contributed by atoms with van der Waals surface area (Å²) in [5.41, 5.74) is 1.65. The van der Waals surface area contributed by atoms with Gasteiger partial charge in [0.05, 0.1) is 23.3 Å². The van der Waals surface area contributed by atoms with Crippen LogP contribution in [0, 0.1) is 6.92 Å². The lowest BCUT2D eigenvalue weighted by molar-refractivity contribution is 0.0991. The van der Waals surface area contributed by atoms with Crippen LogP contribution >= 0.6 is 0 Å². The molecular formula is C12H17NO3S. The van der Waals surface area contributed by atoms with Gasteiger partial charge in [0.15, 0.2) is 9.84 Å². The maximum atomic E-state index is 12.1.